The van der Waals surface area contributed by atoms with E-state index in [2.05, 4.69) is 5.32 Å². The average Bonchev–Trinajstić information content (AvgIpc) is 3.13. The third-order valence-corrected chi connectivity index (χ3v) is 12.1. The van der Waals surface area contributed by atoms with Crippen LogP contribution in [0.3, 0.4) is 0 Å². The van der Waals surface area contributed by atoms with Crippen molar-refractivity contribution in [1.82, 2.24) is 5.32 Å². The number of hydrogen-bond acceptors (Lipinski definition) is 14. The lowest BCUT2D eigenvalue weighted by Crippen LogP contribution is -2.76. The van der Waals surface area contributed by atoms with Gasteiger partial charge in [-0.1, -0.05) is 62.4 Å². The number of amides is 1. The summed E-state index contributed by atoms with van der Waals surface area (Å²) in [5, 5.41) is 51.2. The van der Waals surface area contributed by atoms with Gasteiger partial charge < -0.3 is 44.7 Å². The lowest BCUT2D eigenvalue weighted by molar-refractivity contribution is -0.252. The minimum atomic E-state index is -2.48. The molecule has 58 heavy (non-hydrogen) atoms. The zero-order chi connectivity index (χ0) is 43.3. The summed E-state index contributed by atoms with van der Waals surface area (Å²) in [5.74, 6) is -6.98. The molecule has 2 fully saturated rings. The maximum Gasteiger partial charge on any atom is 0.408 e. The first kappa shape index (κ1) is 44.1. The van der Waals surface area contributed by atoms with Crippen LogP contribution in [0.4, 0.5) is 4.79 Å². The van der Waals surface area contributed by atoms with Crippen molar-refractivity contribution in [3.05, 3.63) is 82.9 Å². The molecule has 5 rings (SSSR count). The molecular formula is C43H53NO14. The molecular weight excluding hydrogens is 754 g/mol. The summed E-state index contributed by atoms with van der Waals surface area (Å²) in [4.78, 5) is 82.5. The molecule has 3 aliphatic rings. The first-order valence-electron chi connectivity index (χ1n) is 19.1. The zero-order valence-electron chi connectivity index (χ0n) is 34.1. The van der Waals surface area contributed by atoms with Gasteiger partial charge in [0.2, 0.25) is 0 Å². The summed E-state index contributed by atoms with van der Waals surface area (Å²) < 4.78 is 23.2. The van der Waals surface area contributed by atoms with Crippen molar-refractivity contribution < 1.29 is 68.1 Å². The highest BCUT2D eigenvalue weighted by Gasteiger charge is 2.74. The van der Waals surface area contributed by atoms with Crippen LogP contribution < -0.4 is 5.32 Å². The zero-order valence-corrected chi connectivity index (χ0v) is 34.1. The predicted molar refractivity (Wildman–Crippen MR) is 205 cm³/mol. The topological polar surface area (TPSA) is 232 Å². The molecule has 0 aliphatic heterocycles. The molecule has 0 saturated heterocycles. The van der Waals surface area contributed by atoms with Crippen LogP contribution in [0.25, 0.3) is 0 Å². The number of ketones is 2. The summed E-state index contributed by atoms with van der Waals surface area (Å²) in [6.07, 6.45) is -11.8. The van der Waals surface area contributed by atoms with Crippen LogP contribution in [0.15, 0.2) is 71.8 Å². The molecule has 0 aromatic heterocycles. The Morgan fingerprint density at radius 3 is 2.02 bits per heavy atom. The quantitative estimate of drug-likeness (QED) is 0.146. The Kier molecular flexibility index (Phi) is 11.9. The molecule has 0 spiro atoms. The van der Waals surface area contributed by atoms with E-state index in [1.165, 1.54) is 46.8 Å². The number of carbonyl (C=O) groups excluding carboxylic acids is 6. The normalized spacial score (nSPS) is 31.7. The van der Waals surface area contributed by atoms with Crippen LogP contribution in [0.1, 0.15) is 97.1 Å². The minimum absolute atomic E-state index is 0.00852. The van der Waals surface area contributed by atoms with E-state index in [9.17, 15) is 49.2 Å². The molecule has 2 saturated carbocycles. The van der Waals surface area contributed by atoms with E-state index in [-0.39, 0.29) is 16.7 Å². The van der Waals surface area contributed by atoms with Crippen molar-refractivity contribution in [3.63, 3.8) is 0 Å². The van der Waals surface area contributed by atoms with Gasteiger partial charge in [0.1, 0.15) is 29.5 Å². The minimum Gasteiger partial charge on any atom is -0.456 e. The number of ether oxygens (including phenoxy) is 4. The Morgan fingerprint density at radius 2 is 1.47 bits per heavy atom. The number of aliphatic hydroxyl groups excluding tert-OH is 3. The Hall–Kier alpha value is -4.96. The smallest absolute Gasteiger partial charge is 0.408 e. The van der Waals surface area contributed by atoms with Crippen molar-refractivity contribution >= 4 is 35.6 Å². The molecule has 3 aliphatic carbocycles. The van der Waals surface area contributed by atoms with Gasteiger partial charge in [0.05, 0.1) is 29.0 Å². The first-order chi connectivity index (χ1) is 26.8. The summed E-state index contributed by atoms with van der Waals surface area (Å²) >= 11 is 0. The van der Waals surface area contributed by atoms with Crippen LogP contribution in [0.5, 0.6) is 0 Å². The standard InChI is InChI=1S/C43H53NO14/c1-22-26(55-37(52)32(49)30(24-16-12-10-13-17-24)44-38(53)58-39(3,4)5)21-43(54)35(56-36(51)25-18-14-11-15-19-25)33-41(8,34(50)31(48)29(22)40(43,6)7)27(46)20-28(47)42(33,9)57-23(2)45/h10-19,26-27,30-33,35,46,48-49,54H,20-21H2,1-9H3,(H,44,53)/t26-,27-,30-,31+,32+,33-,35-,41+,42-,43+/m0/s1. The highest BCUT2D eigenvalue weighted by atomic mass is 16.6. The number of rotatable bonds is 8. The molecule has 0 radical (unpaired) electrons. The second-order valence-corrected chi connectivity index (χ2v) is 17.3. The number of aliphatic hydroxyl groups is 4. The molecule has 15 nitrogen and oxygen atoms in total. The molecule has 0 unspecified atom stereocenters. The summed E-state index contributed by atoms with van der Waals surface area (Å²) in [5.41, 5.74) is -9.39. The van der Waals surface area contributed by atoms with Gasteiger partial charge in [-0.25, -0.2) is 14.4 Å². The maximum atomic E-state index is 14.9. The molecule has 2 aromatic carbocycles. The Bertz CT molecular complexity index is 1990. The fraction of sp³-hybridized carbons (Fsp3) is 0.535. The van der Waals surface area contributed by atoms with Gasteiger partial charge in [0, 0.05) is 25.2 Å². The molecule has 314 valence electrons. The van der Waals surface area contributed by atoms with Gasteiger partial charge in [-0.05, 0) is 70.4 Å². The summed E-state index contributed by atoms with van der Waals surface area (Å²) in [6.45, 7) is 12.8. The predicted octanol–water partition coefficient (Wildman–Crippen LogP) is 3.45. The number of nitrogens with one attached hydrogen (secondary N) is 1. The third kappa shape index (κ3) is 7.68. The number of Topliss-reactive ketones (excluding diaryl/α,β-unsaturated/α-hetero) is 2. The fourth-order valence-electron chi connectivity index (χ4n) is 9.04. The van der Waals surface area contributed by atoms with E-state index in [1.807, 2.05) is 0 Å². The van der Waals surface area contributed by atoms with Crippen LogP contribution in [-0.4, -0.2) is 103 Å². The molecule has 5 N–H and O–H groups in total. The Balaban J connectivity index is 1.68. The molecule has 2 bridgehead atoms. The molecule has 2 aromatic rings. The average molecular weight is 808 g/mol. The van der Waals surface area contributed by atoms with Gasteiger partial charge in [0.25, 0.3) is 0 Å². The number of alkyl carbamates (subject to hydrolysis) is 1. The largest absolute Gasteiger partial charge is 0.456 e. The van der Waals surface area contributed by atoms with Gasteiger partial charge in [-0.3, -0.25) is 14.4 Å². The van der Waals surface area contributed by atoms with Crippen LogP contribution in [0.2, 0.25) is 0 Å². The number of benzene rings is 2. The number of hydrogen-bond donors (Lipinski definition) is 5. The van der Waals surface area contributed by atoms with Crippen molar-refractivity contribution in [2.24, 2.45) is 16.7 Å². The monoisotopic (exact) mass is 807 g/mol. The fourth-order valence-corrected chi connectivity index (χ4v) is 9.04. The number of esters is 3. The highest BCUT2D eigenvalue weighted by Crippen LogP contribution is 2.61. The SMILES string of the molecule is CC(=O)O[C@@]1(C)C(=O)C[C@H](O)[C@@]2(C)C(=O)[C@H](O)C3=C(C)[C@@H](OC(=O)[C@H](O)[C@@H](NC(=O)OC(C)(C)C)c4ccccc4)C[C@@](O)([C@@H](OC(=O)c4ccccc4)[C@@H]21)C3(C)C. The summed E-state index contributed by atoms with van der Waals surface area (Å²) in [6, 6.07) is 14.3. The van der Waals surface area contributed by atoms with Gasteiger partial charge >= 0.3 is 24.0 Å². The van der Waals surface area contributed by atoms with E-state index in [0.717, 1.165) is 6.92 Å². The van der Waals surface area contributed by atoms with Crippen LogP contribution in [-0.2, 0) is 38.1 Å². The van der Waals surface area contributed by atoms with Crippen molar-refractivity contribution in [2.45, 2.75) is 129 Å². The third-order valence-electron chi connectivity index (χ3n) is 12.1. The van der Waals surface area contributed by atoms with Crippen molar-refractivity contribution in [2.75, 3.05) is 0 Å². The second kappa shape index (κ2) is 15.7. The molecule has 15 heteroatoms. The van der Waals surface area contributed by atoms with E-state index in [1.54, 1.807) is 69.3 Å². The first-order valence-corrected chi connectivity index (χ1v) is 19.1. The van der Waals surface area contributed by atoms with Crippen LogP contribution >= 0.6 is 0 Å². The maximum absolute atomic E-state index is 14.9. The highest BCUT2D eigenvalue weighted by molar-refractivity contribution is 5.99. The summed E-state index contributed by atoms with van der Waals surface area (Å²) in [7, 11) is 0. The Labute approximate surface area is 336 Å². The Morgan fingerprint density at radius 1 is 0.897 bits per heavy atom. The molecule has 0 heterocycles. The lowest BCUT2D eigenvalue weighted by atomic mass is 9.45. The van der Waals surface area contributed by atoms with E-state index >= 15 is 0 Å². The number of carbonyl (C=O) groups is 6. The van der Waals surface area contributed by atoms with Crippen molar-refractivity contribution in [1.29, 1.82) is 0 Å². The second-order valence-electron chi connectivity index (χ2n) is 17.3. The van der Waals surface area contributed by atoms with Gasteiger partial charge in [0.15, 0.2) is 23.3 Å². The van der Waals surface area contributed by atoms with Gasteiger partial charge in [-0.2, -0.15) is 0 Å². The van der Waals surface area contributed by atoms with Crippen molar-refractivity contribution in [3.8, 4) is 0 Å². The van der Waals surface area contributed by atoms with E-state index < -0.39 is 119 Å². The van der Waals surface area contributed by atoms with Crippen LogP contribution in [0, 0.1) is 16.7 Å². The molecule has 1 amide bonds. The lowest BCUT2D eigenvalue weighted by Gasteiger charge is -2.62. The van der Waals surface area contributed by atoms with E-state index in [0.29, 0.717) is 5.56 Å². The van der Waals surface area contributed by atoms with E-state index in [4.69, 9.17) is 18.9 Å². The number of fused-ring (bicyclic) bond motifs is 3. The molecule has 10 atom stereocenters. The van der Waals surface area contributed by atoms with Gasteiger partial charge in [-0.15, -0.1) is 0 Å².